The van der Waals surface area contributed by atoms with Crippen LogP contribution in [0, 0.1) is 0 Å². The van der Waals surface area contributed by atoms with Gasteiger partial charge in [0.2, 0.25) is 0 Å². The molecule has 0 aromatic heterocycles. The van der Waals surface area contributed by atoms with Gasteiger partial charge in [0, 0.05) is 32.7 Å². The molecular formula is C2N2O2Y-2. The monoisotopic (exact) mass is 173 g/mol. The molecule has 0 aliphatic carbocycles. The SMILES string of the molecule is O=[C-]N=N[C-]=O.[Y]. The van der Waals surface area contributed by atoms with E-state index >= 15 is 0 Å². The summed E-state index contributed by atoms with van der Waals surface area (Å²) < 4.78 is 0. The van der Waals surface area contributed by atoms with Gasteiger partial charge in [-0.15, -0.1) is 12.8 Å². The van der Waals surface area contributed by atoms with Crippen molar-refractivity contribution in [3.8, 4) is 0 Å². The molecule has 0 N–H and O–H groups in total. The van der Waals surface area contributed by atoms with Gasteiger partial charge in [-0.3, -0.25) is 0 Å². The molecule has 0 rings (SSSR count). The Hall–Kier alpha value is 0.0439. The van der Waals surface area contributed by atoms with Gasteiger partial charge in [-0.25, -0.2) is 0 Å². The number of hydrogen-bond acceptors (Lipinski definition) is 2. The molecule has 0 aromatic rings. The molecule has 1 radical (unpaired) electrons. The fourth-order valence-electron chi connectivity index (χ4n) is 0.0408. The summed E-state index contributed by atoms with van der Waals surface area (Å²) in [6.07, 6.45) is 2.03. The summed E-state index contributed by atoms with van der Waals surface area (Å²) in [5.74, 6) is 0. The Morgan fingerprint density at radius 2 is 1.29 bits per heavy atom. The maximum absolute atomic E-state index is 9.00. The summed E-state index contributed by atoms with van der Waals surface area (Å²) in [7, 11) is 0. The van der Waals surface area contributed by atoms with E-state index in [1.165, 1.54) is 0 Å². The van der Waals surface area contributed by atoms with Crippen molar-refractivity contribution in [2.45, 2.75) is 0 Å². The number of hydrogen-bond donors (Lipinski definition) is 0. The maximum Gasteiger partial charge on any atom is 0 e. The van der Waals surface area contributed by atoms with Crippen molar-refractivity contribution >= 4 is 12.8 Å². The van der Waals surface area contributed by atoms with E-state index < -0.39 is 0 Å². The fraction of sp³-hybridized carbons (Fsp3) is 0. The van der Waals surface area contributed by atoms with E-state index in [1.807, 2.05) is 0 Å². The van der Waals surface area contributed by atoms with Crippen LogP contribution < -0.4 is 0 Å². The van der Waals surface area contributed by atoms with Crippen LogP contribution in [0.25, 0.3) is 0 Å². The molecule has 0 saturated heterocycles. The van der Waals surface area contributed by atoms with Gasteiger partial charge >= 0.3 is 0 Å². The molecule has 0 saturated carbocycles. The Morgan fingerprint density at radius 1 is 1.00 bits per heavy atom. The molecule has 0 aromatic carbocycles. The minimum Gasteiger partial charge on any atom is -0.516 e. The second-order valence-electron chi connectivity index (χ2n) is 0.383. The average molecular weight is 173 g/mol. The summed E-state index contributed by atoms with van der Waals surface area (Å²) in [5, 5.41) is 4.97. The first-order valence-corrected chi connectivity index (χ1v) is 1.06. The van der Waals surface area contributed by atoms with E-state index in [4.69, 9.17) is 9.59 Å². The van der Waals surface area contributed by atoms with Crippen molar-refractivity contribution in [3.63, 3.8) is 0 Å². The molecule has 35 valence electrons. The molecule has 0 fully saturated rings. The fourth-order valence-corrected chi connectivity index (χ4v) is 0.0408. The molecule has 0 aliphatic rings. The smallest absolute Gasteiger partial charge is 0 e. The molecule has 4 nitrogen and oxygen atoms in total. The second kappa shape index (κ2) is 9.40. The summed E-state index contributed by atoms with van der Waals surface area (Å²) >= 11 is 0. The molecule has 2 amide bonds. The van der Waals surface area contributed by atoms with Gasteiger partial charge in [-0.05, 0) is 0 Å². The van der Waals surface area contributed by atoms with Gasteiger partial charge in [0.25, 0.3) is 0 Å². The molecule has 7 heavy (non-hydrogen) atoms. The second-order valence-corrected chi connectivity index (χ2v) is 0.383. The van der Waals surface area contributed by atoms with Crippen molar-refractivity contribution in [3.05, 3.63) is 0 Å². The van der Waals surface area contributed by atoms with Crippen LogP contribution in [-0.4, -0.2) is 12.8 Å². The van der Waals surface area contributed by atoms with Crippen LogP contribution >= 0.6 is 0 Å². The first kappa shape index (κ1) is 10.1. The number of nitrogens with zero attached hydrogens (tertiary/aromatic N) is 2. The normalized spacial score (nSPS) is 7.43. The van der Waals surface area contributed by atoms with Crippen molar-refractivity contribution in [2.24, 2.45) is 10.2 Å². The Kier molecular flexibility index (Phi) is 13.6. The minimum absolute atomic E-state index is 0. The van der Waals surface area contributed by atoms with Crippen LogP contribution in [0.4, 0.5) is 0 Å². The van der Waals surface area contributed by atoms with E-state index in [9.17, 15) is 0 Å². The predicted molar refractivity (Wildman–Crippen MR) is 16.2 cm³/mol. The molecule has 0 atom stereocenters. The summed E-state index contributed by atoms with van der Waals surface area (Å²) in [4.78, 5) is 18.0. The van der Waals surface area contributed by atoms with Gasteiger partial charge < -0.3 is 19.8 Å². The Labute approximate surface area is 65.3 Å². The van der Waals surface area contributed by atoms with Gasteiger partial charge in [0.1, 0.15) is 0 Å². The van der Waals surface area contributed by atoms with Gasteiger partial charge in [-0.2, -0.15) is 0 Å². The minimum atomic E-state index is 0. The topological polar surface area (TPSA) is 58.9 Å². The molecule has 0 heterocycles. The largest absolute Gasteiger partial charge is 0.516 e. The third-order valence-electron chi connectivity index (χ3n) is 0.132. The molecule has 0 aliphatic heterocycles. The standard InChI is InChI=1S/C2N2O2.Y/c5-1-3-4-2-6;/q-2;. The van der Waals surface area contributed by atoms with E-state index in [0.29, 0.717) is 0 Å². The zero-order valence-electron chi connectivity index (χ0n) is 3.29. The predicted octanol–water partition coefficient (Wildman–Crippen LogP) is -0.429. The first-order chi connectivity index (χ1) is 2.91. The number of carbonyl (C=O) groups excluding carboxylic acids is 2. The molecule has 0 spiro atoms. The zero-order chi connectivity index (χ0) is 4.83. The number of azo groups is 1. The van der Waals surface area contributed by atoms with Crippen LogP contribution in [0.1, 0.15) is 0 Å². The third-order valence-corrected chi connectivity index (χ3v) is 0.132. The van der Waals surface area contributed by atoms with Gasteiger partial charge in [0.05, 0.1) is 0 Å². The van der Waals surface area contributed by atoms with Crippen LogP contribution in [0.3, 0.4) is 0 Å². The zero-order valence-corrected chi connectivity index (χ0v) is 6.13. The van der Waals surface area contributed by atoms with E-state index in [2.05, 4.69) is 10.2 Å². The van der Waals surface area contributed by atoms with Crippen LogP contribution in [0.2, 0.25) is 0 Å². The average Bonchev–Trinajstić information content (AvgIpc) is 1.61. The van der Waals surface area contributed by atoms with Crippen LogP contribution in [0.5, 0.6) is 0 Å². The number of amides is 2. The van der Waals surface area contributed by atoms with E-state index in [-0.39, 0.29) is 32.7 Å². The van der Waals surface area contributed by atoms with Gasteiger partial charge in [0.15, 0.2) is 0 Å². The molecular weight excluding hydrogens is 173 g/mol. The molecule has 0 bridgehead atoms. The van der Waals surface area contributed by atoms with Crippen molar-refractivity contribution in [1.82, 2.24) is 0 Å². The van der Waals surface area contributed by atoms with E-state index in [1.54, 1.807) is 0 Å². The first-order valence-electron chi connectivity index (χ1n) is 1.06. The Bertz CT molecular complexity index is 71.8. The Balaban J connectivity index is 0. The quantitative estimate of drug-likeness (QED) is 0.420. The van der Waals surface area contributed by atoms with Crippen molar-refractivity contribution in [1.29, 1.82) is 0 Å². The molecule has 5 heteroatoms. The van der Waals surface area contributed by atoms with Crippen molar-refractivity contribution in [2.75, 3.05) is 0 Å². The summed E-state index contributed by atoms with van der Waals surface area (Å²) in [6.45, 7) is 0. The summed E-state index contributed by atoms with van der Waals surface area (Å²) in [6, 6.07) is 0. The summed E-state index contributed by atoms with van der Waals surface area (Å²) in [5.41, 5.74) is 0. The maximum atomic E-state index is 9.00. The van der Waals surface area contributed by atoms with E-state index in [0.717, 1.165) is 12.8 Å². The van der Waals surface area contributed by atoms with Crippen LogP contribution in [0.15, 0.2) is 10.2 Å². The number of rotatable bonds is 2. The van der Waals surface area contributed by atoms with Crippen molar-refractivity contribution < 1.29 is 42.3 Å². The van der Waals surface area contributed by atoms with Gasteiger partial charge in [-0.1, -0.05) is 0 Å². The van der Waals surface area contributed by atoms with Crippen LogP contribution in [-0.2, 0) is 42.3 Å². The molecule has 0 unspecified atom stereocenters. The third kappa shape index (κ3) is 10.7. The Morgan fingerprint density at radius 3 is 1.43 bits per heavy atom.